The Morgan fingerprint density at radius 2 is 2.12 bits per heavy atom. The van der Waals surface area contributed by atoms with E-state index < -0.39 is 0 Å². The quantitative estimate of drug-likeness (QED) is 0.820. The SMILES string of the molecule is Clc1ccc(CNCCc2cnc[nH]2)cc1Cl. The van der Waals surface area contributed by atoms with Crippen LogP contribution in [0.5, 0.6) is 0 Å². The number of H-pyrrole nitrogens is 1. The first kappa shape index (κ1) is 12.4. The fourth-order valence-electron chi connectivity index (χ4n) is 1.53. The highest BCUT2D eigenvalue weighted by atomic mass is 35.5. The fraction of sp³-hybridized carbons (Fsp3) is 0.250. The topological polar surface area (TPSA) is 40.7 Å². The standard InChI is InChI=1S/C12H13Cl2N3/c13-11-2-1-9(5-12(11)14)6-15-4-3-10-7-16-8-17-10/h1-2,5,7-8,15H,3-4,6H2,(H,16,17). The summed E-state index contributed by atoms with van der Waals surface area (Å²) in [4.78, 5) is 7.03. The van der Waals surface area contributed by atoms with Crippen LogP contribution in [0.1, 0.15) is 11.3 Å². The summed E-state index contributed by atoms with van der Waals surface area (Å²) in [5, 5.41) is 4.52. The number of aromatic amines is 1. The highest BCUT2D eigenvalue weighted by Gasteiger charge is 1.99. The zero-order valence-electron chi connectivity index (χ0n) is 9.21. The van der Waals surface area contributed by atoms with Crippen LogP contribution in [0.25, 0.3) is 0 Å². The molecule has 2 N–H and O–H groups in total. The van der Waals surface area contributed by atoms with E-state index in [1.54, 1.807) is 6.33 Å². The molecule has 0 aliphatic rings. The minimum absolute atomic E-state index is 0.591. The lowest BCUT2D eigenvalue weighted by atomic mass is 10.2. The monoisotopic (exact) mass is 269 g/mol. The Bertz CT molecular complexity index is 469. The molecule has 1 heterocycles. The Kier molecular flexibility index (Phi) is 4.42. The number of hydrogen-bond acceptors (Lipinski definition) is 2. The van der Waals surface area contributed by atoms with Gasteiger partial charge in [0.05, 0.1) is 16.4 Å². The lowest BCUT2D eigenvalue weighted by Gasteiger charge is -2.05. The van der Waals surface area contributed by atoms with Crippen molar-refractivity contribution < 1.29 is 0 Å². The van der Waals surface area contributed by atoms with E-state index in [9.17, 15) is 0 Å². The number of nitrogens with zero attached hydrogens (tertiary/aromatic N) is 1. The van der Waals surface area contributed by atoms with Crippen molar-refractivity contribution in [2.24, 2.45) is 0 Å². The third kappa shape index (κ3) is 3.73. The lowest BCUT2D eigenvalue weighted by Crippen LogP contribution is -2.16. The summed E-state index contributed by atoms with van der Waals surface area (Å²) in [6.45, 7) is 1.67. The van der Waals surface area contributed by atoms with Crippen molar-refractivity contribution in [3.8, 4) is 0 Å². The van der Waals surface area contributed by atoms with Crippen molar-refractivity contribution in [1.82, 2.24) is 15.3 Å². The van der Waals surface area contributed by atoms with Crippen LogP contribution in [0.2, 0.25) is 10.0 Å². The minimum atomic E-state index is 0.591. The van der Waals surface area contributed by atoms with Crippen LogP contribution >= 0.6 is 23.2 Å². The van der Waals surface area contributed by atoms with Gasteiger partial charge in [0.2, 0.25) is 0 Å². The molecule has 0 saturated carbocycles. The average Bonchev–Trinajstić information content (AvgIpc) is 2.82. The van der Waals surface area contributed by atoms with Gasteiger partial charge in [-0.15, -0.1) is 0 Å². The molecule has 0 atom stereocenters. The summed E-state index contributed by atoms with van der Waals surface area (Å²) in [6.07, 6.45) is 4.45. The smallest absolute Gasteiger partial charge is 0.0921 e. The maximum atomic E-state index is 5.93. The van der Waals surface area contributed by atoms with Crippen LogP contribution in [-0.4, -0.2) is 16.5 Å². The molecule has 0 radical (unpaired) electrons. The third-order valence-corrected chi connectivity index (χ3v) is 3.18. The van der Waals surface area contributed by atoms with E-state index in [0.29, 0.717) is 10.0 Å². The second-order valence-electron chi connectivity index (χ2n) is 3.75. The molecule has 3 nitrogen and oxygen atoms in total. The number of benzene rings is 1. The normalized spacial score (nSPS) is 10.7. The second-order valence-corrected chi connectivity index (χ2v) is 4.57. The summed E-state index contributed by atoms with van der Waals surface area (Å²) in [7, 11) is 0. The van der Waals surface area contributed by atoms with Gasteiger partial charge in [0.1, 0.15) is 0 Å². The van der Waals surface area contributed by atoms with E-state index in [1.807, 2.05) is 24.4 Å². The van der Waals surface area contributed by atoms with Gasteiger partial charge in [0.25, 0.3) is 0 Å². The molecule has 5 heteroatoms. The summed E-state index contributed by atoms with van der Waals surface area (Å²) in [5.41, 5.74) is 2.26. The number of aromatic nitrogens is 2. The number of imidazole rings is 1. The van der Waals surface area contributed by atoms with Gasteiger partial charge in [-0.3, -0.25) is 0 Å². The van der Waals surface area contributed by atoms with E-state index in [2.05, 4.69) is 15.3 Å². The van der Waals surface area contributed by atoms with Crippen LogP contribution in [0.15, 0.2) is 30.7 Å². The molecule has 0 fully saturated rings. The van der Waals surface area contributed by atoms with Crippen molar-refractivity contribution in [3.63, 3.8) is 0 Å². The van der Waals surface area contributed by atoms with E-state index >= 15 is 0 Å². The first-order valence-electron chi connectivity index (χ1n) is 5.37. The van der Waals surface area contributed by atoms with Gasteiger partial charge in [-0.2, -0.15) is 0 Å². The van der Waals surface area contributed by atoms with Gasteiger partial charge in [-0.1, -0.05) is 29.3 Å². The van der Waals surface area contributed by atoms with Gasteiger partial charge < -0.3 is 10.3 Å². The molecule has 2 aromatic rings. The third-order valence-electron chi connectivity index (χ3n) is 2.44. The van der Waals surface area contributed by atoms with Gasteiger partial charge in [0, 0.05) is 31.4 Å². The van der Waals surface area contributed by atoms with Crippen molar-refractivity contribution >= 4 is 23.2 Å². The number of hydrogen-bond donors (Lipinski definition) is 2. The highest BCUT2D eigenvalue weighted by Crippen LogP contribution is 2.22. The summed E-state index contributed by atoms with van der Waals surface area (Å²) >= 11 is 11.8. The lowest BCUT2D eigenvalue weighted by molar-refractivity contribution is 0.681. The number of halogens is 2. The number of nitrogens with one attached hydrogen (secondary N) is 2. The molecule has 0 saturated heterocycles. The van der Waals surface area contributed by atoms with E-state index in [4.69, 9.17) is 23.2 Å². The van der Waals surface area contributed by atoms with E-state index in [-0.39, 0.29) is 0 Å². The molecule has 0 spiro atoms. The van der Waals surface area contributed by atoms with Crippen molar-refractivity contribution in [2.75, 3.05) is 6.54 Å². The highest BCUT2D eigenvalue weighted by molar-refractivity contribution is 6.42. The Morgan fingerprint density at radius 1 is 1.24 bits per heavy atom. The van der Waals surface area contributed by atoms with E-state index in [0.717, 1.165) is 30.8 Å². The first-order valence-corrected chi connectivity index (χ1v) is 6.13. The van der Waals surface area contributed by atoms with E-state index in [1.165, 1.54) is 0 Å². The minimum Gasteiger partial charge on any atom is -0.348 e. The van der Waals surface area contributed by atoms with Crippen LogP contribution in [0, 0.1) is 0 Å². The van der Waals surface area contributed by atoms with Crippen molar-refractivity contribution in [1.29, 1.82) is 0 Å². The molecule has 1 aromatic heterocycles. The van der Waals surface area contributed by atoms with Crippen LogP contribution in [0.3, 0.4) is 0 Å². The Hall–Kier alpha value is -1.03. The molecule has 0 aliphatic carbocycles. The Morgan fingerprint density at radius 3 is 2.82 bits per heavy atom. The molecule has 0 bridgehead atoms. The fourth-order valence-corrected chi connectivity index (χ4v) is 1.85. The molecular weight excluding hydrogens is 257 g/mol. The molecule has 90 valence electrons. The summed E-state index contributed by atoms with van der Waals surface area (Å²) < 4.78 is 0. The maximum absolute atomic E-state index is 5.93. The van der Waals surface area contributed by atoms with Crippen molar-refractivity contribution in [2.45, 2.75) is 13.0 Å². The molecule has 0 amide bonds. The van der Waals surface area contributed by atoms with Crippen LogP contribution < -0.4 is 5.32 Å². The maximum Gasteiger partial charge on any atom is 0.0921 e. The molecule has 0 unspecified atom stereocenters. The molecule has 17 heavy (non-hydrogen) atoms. The molecule has 2 rings (SSSR count). The first-order chi connectivity index (χ1) is 8.25. The van der Waals surface area contributed by atoms with Crippen molar-refractivity contribution in [3.05, 3.63) is 52.0 Å². The van der Waals surface area contributed by atoms with Gasteiger partial charge in [-0.25, -0.2) is 4.98 Å². The second kappa shape index (κ2) is 6.05. The summed E-state index contributed by atoms with van der Waals surface area (Å²) in [5.74, 6) is 0. The summed E-state index contributed by atoms with van der Waals surface area (Å²) in [6, 6.07) is 5.67. The Labute approximate surface area is 110 Å². The molecule has 1 aromatic carbocycles. The van der Waals surface area contributed by atoms with Crippen LogP contribution in [0.4, 0.5) is 0 Å². The zero-order chi connectivity index (χ0) is 12.1. The van der Waals surface area contributed by atoms with Crippen LogP contribution in [-0.2, 0) is 13.0 Å². The molecular formula is C12H13Cl2N3. The average molecular weight is 270 g/mol. The predicted molar refractivity (Wildman–Crippen MR) is 70.5 cm³/mol. The zero-order valence-corrected chi connectivity index (χ0v) is 10.7. The molecule has 0 aliphatic heterocycles. The predicted octanol–water partition coefficient (Wildman–Crippen LogP) is 3.05. The Balaban J connectivity index is 1.76. The van der Waals surface area contributed by atoms with Gasteiger partial charge in [0.15, 0.2) is 0 Å². The number of rotatable bonds is 5. The van der Waals surface area contributed by atoms with Gasteiger partial charge >= 0.3 is 0 Å². The van der Waals surface area contributed by atoms with Gasteiger partial charge in [-0.05, 0) is 17.7 Å². The largest absolute Gasteiger partial charge is 0.348 e.